The number of fused-ring (bicyclic) bond motifs is 4. The van der Waals surface area contributed by atoms with Crippen molar-refractivity contribution in [3.8, 4) is 28.7 Å². The van der Waals surface area contributed by atoms with E-state index in [4.69, 9.17) is 35.9 Å². The van der Waals surface area contributed by atoms with Gasteiger partial charge in [-0.1, -0.05) is 12.1 Å². The first-order valence-electron chi connectivity index (χ1n) is 11.9. The highest BCUT2D eigenvalue weighted by Crippen LogP contribution is 2.53. The number of carbonyl (C=O) groups excluding carboxylic acids is 1. The number of nitrogens with zero attached hydrogens (tertiary/aromatic N) is 2. The number of amides is 1. The van der Waals surface area contributed by atoms with E-state index in [1.807, 2.05) is 19.1 Å². The van der Waals surface area contributed by atoms with Gasteiger partial charge in [0.15, 0.2) is 33.8 Å². The molecular weight excluding hydrogens is 511 g/mol. The van der Waals surface area contributed by atoms with E-state index in [1.165, 1.54) is 33.5 Å². The molecule has 2 atom stereocenters. The Hall–Kier alpha value is -4.05. The highest BCUT2D eigenvalue weighted by atomic mass is 32.1. The number of thiocarbonyl (C=S) groups is 1. The van der Waals surface area contributed by atoms with Crippen LogP contribution in [-0.4, -0.2) is 50.1 Å². The monoisotopic (exact) mass is 538 g/mol. The number of carbonyl (C=O) groups is 1. The molecule has 198 valence electrons. The van der Waals surface area contributed by atoms with Crippen molar-refractivity contribution in [1.29, 1.82) is 0 Å². The van der Waals surface area contributed by atoms with E-state index in [-0.39, 0.29) is 16.8 Å². The molecule has 0 aromatic heterocycles. The summed E-state index contributed by atoms with van der Waals surface area (Å²) in [6.45, 7) is 1.90. The van der Waals surface area contributed by atoms with Gasteiger partial charge < -0.3 is 23.7 Å². The number of para-hydroxylation sites is 1. The zero-order valence-corrected chi connectivity index (χ0v) is 22.4. The van der Waals surface area contributed by atoms with Crippen LogP contribution in [0.2, 0.25) is 0 Å². The van der Waals surface area contributed by atoms with Gasteiger partial charge in [-0.25, -0.2) is 4.39 Å². The topological polar surface area (TPSA) is 69.7 Å². The second-order valence-electron chi connectivity index (χ2n) is 9.06. The first-order chi connectivity index (χ1) is 18.3. The Labute approximate surface area is 225 Å². The van der Waals surface area contributed by atoms with Crippen LogP contribution in [0, 0.1) is 5.82 Å². The van der Waals surface area contributed by atoms with Crippen molar-refractivity contribution in [2.45, 2.75) is 25.1 Å². The summed E-state index contributed by atoms with van der Waals surface area (Å²) in [5.74, 6) is 1.34. The van der Waals surface area contributed by atoms with E-state index < -0.39 is 11.8 Å². The van der Waals surface area contributed by atoms with E-state index in [9.17, 15) is 9.18 Å². The lowest BCUT2D eigenvalue weighted by atomic mass is 9.88. The summed E-state index contributed by atoms with van der Waals surface area (Å²) in [7, 11) is 6.03. The van der Waals surface area contributed by atoms with Gasteiger partial charge in [-0.05, 0) is 61.6 Å². The Morgan fingerprint density at radius 2 is 1.61 bits per heavy atom. The van der Waals surface area contributed by atoms with Gasteiger partial charge in [0.05, 0.1) is 34.5 Å². The standard InChI is InChI=1S/C28H27FN2O6S/c1-28-15-20(19-7-6-8-21(33-2)24(19)37-28)30(27(38)31(28)18-11-9-17(29)10-12-18)26(32)16-13-22(34-3)25(36-5)23(14-16)35-4/h6-14,20H,15H2,1-5H3. The van der Waals surface area contributed by atoms with Crippen molar-refractivity contribution in [2.75, 3.05) is 33.3 Å². The van der Waals surface area contributed by atoms with Gasteiger partial charge in [-0.2, -0.15) is 0 Å². The summed E-state index contributed by atoms with van der Waals surface area (Å²) < 4.78 is 42.3. The zero-order chi connectivity index (χ0) is 27.2. The van der Waals surface area contributed by atoms with Crippen molar-refractivity contribution >= 4 is 28.9 Å². The molecule has 1 amide bonds. The van der Waals surface area contributed by atoms with Crippen molar-refractivity contribution < 1.29 is 32.9 Å². The molecule has 1 fully saturated rings. The molecule has 38 heavy (non-hydrogen) atoms. The maximum atomic E-state index is 14.3. The van der Waals surface area contributed by atoms with Gasteiger partial charge in [0.2, 0.25) is 5.75 Å². The van der Waals surface area contributed by atoms with Crippen LogP contribution in [0.25, 0.3) is 0 Å². The van der Waals surface area contributed by atoms with Crippen LogP contribution >= 0.6 is 12.2 Å². The fraction of sp³-hybridized carbons (Fsp3) is 0.286. The van der Waals surface area contributed by atoms with E-state index in [2.05, 4.69) is 0 Å². The summed E-state index contributed by atoms with van der Waals surface area (Å²) in [5.41, 5.74) is 0.662. The summed E-state index contributed by atoms with van der Waals surface area (Å²) in [6, 6.07) is 14.2. The molecule has 0 saturated carbocycles. The summed E-state index contributed by atoms with van der Waals surface area (Å²) in [6.07, 6.45) is 0.390. The highest BCUT2D eigenvalue weighted by Gasteiger charge is 2.54. The van der Waals surface area contributed by atoms with Crippen molar-refractivity contribution in [1.82, 2.24) is 4.90 Å². The minimum absolute atomic E-state index is 0.211. The molecule has 2 heterocycles. The van der Waals surface area contributed by atoms with Gasteiger partial charge in [-0.3, -0.25) is 14.6 Å². The Balaban J connectivity index is 1.70. The fourth-order valence-electron chi connectivity index (χ4n) is 5.15. The Morgan fingerprint density at radius 3 is 2.18 bits per heavy atom. The Morgan fingerprint density at radius 1 is 0.974 bits per heavy atom. The zero-order valence-electron chi connectivity index (χ0n) is 21.6. The second-order valence-corrected chi connectivity index (χ2v) is 9.42. The molecule has 1 saturated heterocycles. The largest absolute Gasteiger partial charge is 0.493 e. The van der Waals surface area contributed by atoms with Crippen LogP contribution in [-0.2, 0) is 0 Å². The number of anilines is 1. The average Bonchev–Trinajstić information content (AvgIpc) is 2.92. The lowest BCUT2D eigenvalue weighted by Gasteiger charge is -2.55. The molecule has 2 unspecified atom stereocenters. The van der Waals surface area contributed by atoms with E-state index >= 15 is 0 Å². The minimum Gasteiger partial charge on any atom is -0.493 e. The quantitative estimate of drug-likeness (QED) is 0.389. The predicted molar refractivity (Wildman–Crippen MR) is 143 cm³/mol. The molecule has 0 radical (unpaired) electrons. The number of rotatable bonds is 6. The first kappa shape index (κ1) is 25.6. The fourth-order valence-corrected chi connectivity index (χ4v) is 5.66. The maximum Gasteiger partial charge on any atom is 0.260 e. The Bertz CT molecular complexity index is 1390. The molecule has 5 rings (SSSR count). The number of methoxy groups -OCH3 is 4. The molecule has 10 heteroatoms. The van der Waals surface area contributed by atoms with E-state index in [1.54, 1.807) is 47.2 Å². The number of ether oxygens (including phenoxy) is 5. The highest BCUT2D eigenvalue weighted by molar-refractivity contribution is 7.80. The first-order valence-corrected chi connectivity index (χ1v) is 12.3. The van der Waals surface area contributed by atoms with Crippen LogP contribution in [0.1, 0.15) is 35.3 Å². The van der Waals surface area contributed by atoms with Gasteiger partial charge in [0.1, 0.15) is 5.82 Å². The lowest BCUT2D eigenvalue weighted by Crippen LogP contribution is -2.67. The smallest absolute Gasteiger partial charge is 0.260 e. The minimum atomic E-state index is -0.979. The van der Waals surface area contributed by atoms with Crippen LogP contribution in [0.4, 0.5) is 10.1 Å². The molecule has 0 spiro atoms. The number of hydrogen-bond donors (Lipinski definition) is 0. The third-order valence-corrected chi connectivity index (χ3v) is 7.26. The molecule has 0 aliphatic carbocycles. The van der Waals surface area contributed by atoms with Crippen molar-refractivity contribution in [3.63, 3.8) is 0 Å². The number of hydrogen-bond acceptors (Lipinski definition) is 7. The second kappa shape index (κ2) is 9.68. The molecule has 3 aromatic rings. The molecular formula is C28H27FN2O6S. The third-order valence-electron chi connectivity index (χ3n) is 6.88. The molecule has 8 nitrogen and oxygen atoms in total. The maximum absolute atomic E-state index is 14.3. The van der Waals surface area contributed by atoms with Crippen molar-refractivity contribution in [3.05, 3.63) is 71.5 Å². The average molecular weight is 539 g/mol. The van der Waals surface area contributed by atoms with Gasteiger partial charge in [0.25, 0.3) is 5.91 Å². The molecule has 0 N–H and O–H groups in total. The SMILES string of the molecule is COc1cc(C(=O)N2C(=S)N(c3ccc(F)cc3)C3(C)CC2c2cccc(OC)c2O3)cc(OC)c1OC. The number of benzene rings is 3. The third kappa shape index (κ3) is 3.96. The molecule has 2 aliphatic rings. The predicted octanol–water partition coefficient (Wildman–Crippen LogP) is 5.35. The van der Waals surface area contributed by atoms with Crippen LogP contribution < -0.4 is 28.6 Å². The van der Waals surface area contributed by atoms with E-state index in [0.717, 1.165) is 5.56 Å². The van der Waals surface area contributed by atoms with Gasteiger partial charge in [0, 0.05) is 23.2 Å². The Kier molecular flexibility index (Phi) is 6.52. The lowest BCUT2D eigenvalue weighted by molar-refractivity contribution is 0.0162. The summed E-state index contributed by atoms with van der Waals surface area (Å²) in [4.78, 5) is 17.6. The molecule has 3 aromatic carbocycles. The van der Waals surface area contributed by atoms with Crippen molar-refractivity contribution in [2.24, 2.45) is 0 Å². The van der Waals surface area contributed by atoms with Gasteiger partial charge in [-0.15, -0.1) is 0 Å². The van der Waals surface area contributed by atoms with Crippen LogP contribution in [0.5, 0.6) is 28.7 Å². The van der Waals surface area contributed by atoms with E-state index in [0.29, 0.717) is 46.4 Å². The summed E-state index contributed by atoms with van der Waals surface area (Å²) in [5, 5.41) is 0.211. The van der Waals surface area contributed by atoms with Crippen LogP contribution in [0.3, 0.4) is 0 Å². The van der Waals surface area contributed by atoms with Crippen LogP contribution in [0.15, 0.2) is 54.6 Å². The molecule has 2 bridgehead atoms. The summed E-state index contributed by atoms with van der Waals surface area (Å²) >= 11 is 5.97. The normalized spacial score (nSPS) is 19.8. The number of halogens is 1. The molecule has 2 aliphatic heterocycles. The van der Waals surface area contributed by atoms with Gasteiger partial charge >= 0.3 is 0 Å².